The van der Waals surface area contributed by atoms with Crippen molar-refractivity contribution in [1.29, 1.82) is 0 Å². The summed E-state index contributed by atoms with van der Waals surface area (Å²) < 4.78 is 31.2. The number of nitrogens with zero attached hydrogens (tertiary/aromatic N) is 2. The van der Waals surface area contributed by atoms with Crippen molar-refractivity contribution in [3.05, 3.63) is 17.5 Å². The maximum Gasteiger partial charge on any atom is 0.220 e. The van der Waals surface area contributed by atoms with Crippen molar-refractivity contribution in [2.45, 2.75) is 44.4 Å². The molecule has 1 aromatic heterocycles. The normalized spacial score (nSPS) is 22.3. The molecule has 0 saturated carbocycles. The number of rotatable bonds is 4. The van der Waals surface area contributed by atoms with Crippen LogP contribution in [0.5, 0.6) is 0 Å². The molecule has 19 heavy (non-hydrogen) atoms. The molecule has 6 nitrogen and oxygen atoms in total. The maximum atomic E-state index is 12.4. The van der Waals surface area contributed by atoms with Crippen LogP contribution in [0.3, 0.4) is 0 Å². The third-order valence-corrected chi connectivity index (χ3v) is 5.25. The minimum Gasteiger partial charge on any atom is -0.395 e. The predicted octanol–water partition coefficient (Wildman–Crippen LogP) is 1.05. The lowest BCUT2D eigenvalue weighted by molar-refractivity contribution is 0.186. The number of aliphatic hydroxyl groups excluding tert-OH is 1. The van der Waals surface area contributed by atoms with Gasteiger partial charge in [0.2, 0.25) is 10.0 Å². The average molecular weight is 288 g/mol. The first-order valence-electron chi connectivity index (χ1n) is 6.55. The fourth-order valence-corrected chi connectivity index (χ4v) is 4.16. The Kier molecular flexibility index (Phi) is 4.59. The lowest BCUT2D eigenvalue weighted by Gasteiger charge is -2.27. The van der Waals surface area contributed by atoms with E-state index in [-0.39, 0.29) is 18.4 Å². The van der Waals surface area contributed by atoms with Crippen LogP contribution in [-0.4, -0.2) is 42.2 Å². The molecule has 108 valence electrons. The van der Waals surface area contributed by atoms with E-state index in [4.69, 9.17) is 4.52 Å². The van der Waals surface area contributed by atoms with Gasteiger partial charge in [-0.15, -0.1) is 0 Å². The van der Waals surface area contributed by atoms with Crippen LogP contribution >= 0.6 is 0 Å². The second-order valence-corrected chi connectivity index (χ2v) is 6.90. The molecular weight excluding hydrogens is 268 g/mol. The summed E-state index contributed by atoms with van der Waals surface area (Å²) in [7, 11) is -3.46. The van der Waals surface area contributed by atoms with Gasteiger partial charge in [0.15, 0.2) is 0 Å². The minimum absolute atomic E-state index is 0.128. The molecular formula is C12H20N2O4S. The first kappa shape index (κ1) is 14.5. The Labute approximate surface area is 113 Å². The van der Waals surface area contributed by atoms with Crippen LogP contribution in [0.15, 0.2) is 10.6 Å². The Morgan fingerprint density at radius 3 is 2.89 bits per heavy atom. The summed E-state index contributed by atoms with van der Waals surface area (Å²) in [6.07, 6.45) is 3.52. The molecule has 1 N–H and O–H groups in total. The zero-order chi connectivity index (χ0) is 13.9. The first-order valence-corrected chi connectivity index (χ1v) is 8.16. The maximum absolute atomic E-state index is 12.4. The molecule has 0 aromatic carbocycles. The highest BCUT2D eigenvalue weighted by atomic mass is 32.2. The Morgan fingerprint density at radius 1 is 1.47 bits per heavy atom. The standard InChI is InChI=1S/C12H20N2O4S/c1-10-7-11(13-18-10)9-19(16,17)14-6-4-2-3-5-12(14)8-15/h7,12,15H,2-6,8-9H2,1H3. The van der Waals surface area contributed by atoms with Crippen molar-refractivity contribution in [1.82, 2.24) is 9.46 Å². The number of sulfonamides is 1. The first-order chi connectivity index (χ1) is 9.03. The number of aromatic nitrogens is 1. The number of hydrogen-bond donors (Lipinski definition) is 1. The Bertz CT molecular complexity index is 512. The predicted molar refractivity (Wildman–Crippen MR) is 69.9 cm³/mol. The molecule has 0 aliphatic carbocycles. The number of aliphatic hydroxyl groups is 1. The van der Waals surface area contributed by atoms with E-state index in [1.807, 2.05) is 0 Å². The topological polar surface area (TPSA) is 83.6 Å². The lowest BCUT2D eigenvalue weighted by Crippen LogP contribution is -2.42. The summed E-state index contributed by atoms with van der Waals surface area (Å²) in [6, 6.07) is 1.32. The van der Waals surface area contributed by atoms with Crippen molar-refractivity contribution < 1.29 is 18.0 Å². The zero-order valence-corrected chi connectivity index (χ0v) is 11.9. The van der Waals surface area contributed by atoms with Crippen LogP contribution in [0.4, 0.5) is 0 Å². The minimum atomic E-state index is -3.46. The van der Waals surface area contributed by atoms with Crippen molar-refractivity contribution in [3.8, 4) is 0 Å². The van der Waals surface area contributed by atoms with Crippen LogP contribution in [0, 0.1) is 6.92 Å². The Balaban J connectivity index is 2.16. The summed E-state index contributed by atoms with van der Waals surface area (Å²) in [4.78, 5) is 0. The molecule has 0 spiro atoms. The van der Waals surface area contributed by atoms with Crippen LogP contribution < -0.4 is 0 Å². The van der Waals surface area contributed by atoms with Gasteiger partial charge in [-0.25, -0.2) is 8.42 Å². The van der Waals surface area contributed by atoms with Crippen molar-refractivity contribution >= 4 is 10.0 Å². The molecule has 2 rings (SSSR count). The molecule has 1 unspecified atom stereocenters. The van der Waals surface area contributed by atoms with Gasteiger partial charge in [-0.1, -0.05) is 18.0 Å². The average Bonchev–Trinajstić information content (AvgIpc) is 2.64. The van der Waals surface area contributed by atoms with Gasteiger partial charge in [0.25, 0.3) is 0 Å². The highest BCUT2D eigenvalue weighted by Gasteiger charge is 2.31. The monoisotopic (exact) mass is 288 g/mol. The molecule has 0 radical (unpaired) electrons. The molecule has 1 fully saturated rings. The third-order valence-electron chi connectivity index (χ3n) is 3.40. The van der Waals surface area contributed by atoms with Crippen molar-refractivity contribution in [2.75, 3.05) is 13.2 Å². The molecule has 1 saturated heterocycles. The van der Waals surface area contributed by atoms with Crippen LogP contribution in [0.25, 0.3) is 0 Å². The van der Waals surface area contributed by atoms with E-state index in [0.29, 0.717) is 24.4 Å². The second kappa shape index (κ2) is 6.02. The van der Waals surface area contributed by atoms with E-state index in [1.54, 1.807) is 13.0 Å². The summed E-state index contributed by atoms with van der Waals surface area (Å²) in [5, 5.41) is 13.1. The number of aryl methyl sites for hydroxylation is 1. The molecule has 0 amide bonds. The lowest BCUT2D eigenvalue weighted by atomic mass is 10.1. The quantitative estimate of drug-likeness (QED) is 0.895. The largest absolute Gasteiger partial charge is 0.395 e. The highest BCUT2D eigenvalue weighted by molar-refractivity contribution is 7.88. The molecule has 2 heterocycles. The van der Waals surface area contributed by atoms with Crippen LogP contribution in [0.1, 0.15) is 37.1 Å². The third kappa shape index (κ3) is 3.55. The molecule has 1 aliphatic heterocycles. The van der Waals surface area contributed by atoms with E-state index in [2.05, 4.69) is 5.16 Å². The van der Waals surface area contributed by atoms with Crippen LogP contribution in [0.2, 0.25) is 0 Å². The van der Waals surface area contributed by atoms with Gasteiger partial charge in [-0.05, 0) is 19.8 Å². The number of hydrogen-bond acceptors (Lipinski definition) is 5. The van der Waals surface area contributed by atoms with E-state index >= 15 is 0 Å². The van der Waals surface area contributed by atoms with Gasteiger partial charge in [0.1, 0.15) is 17.2 Å². The Morgan fingerprint density at radius 2 is 2.26 bits per heavy atom. The van der Waals surface area contributed by atoms with E-state index in [9.17, 15) is 13.5 Å². The molecule has 1 atom stereocenters. The summed E-state index contributed by atoms with van der Waals surface area (Å²) in [5.41, 5.74) is 0.415. The summed E-state index contributed by atoms with van der Waals surface area (Å²) >= 11 is 0. The van der Waals surface area contributed by atoms with Crippen LogP contribution in [-0.2, 0) is 15.8 Å². The van der Waals surface area contributed by atoms with Gasteiger partial charge >= 0.3 is 0 Å². The molecule has 0 bridgehead atoms. The summed E-state index contributed by atoms with van der Waals surface area (Å²) in [5.74, 6) is 0.431. The van der Waals surface area contributed by atoms with Gasteiger partial charge in [0, 0.05) is 18.7 Å². The van der Waals surface area contributed by atoms with Gasteiger partial charge in [0.05, 0.1) is 6.61 Å². The smallest absolute Gasteiger partial charge is 0.220 e. The van der Waals surface area contributed by atoms with Crippen molar-refractivity contribution in [3.63, 3.8) is 0 Å². The van der Waals surface area contributed by atoms with Gasteiger partial charge in [-0.2, -0.15) is 4.31 Å². The SMILES string of the molecule is Cc1cc(CS(=O)(=O)N2CCCCCC2CO)no1. The van der Waals surface area contributed by atoms with E-state index in [1.165, 1.54) is 4.31 Å². The molecule has 1 aliphatic rings. The van der Waals surface area contributed by atoms with E-state index < -0.39 is 10.0 Å². The zero-order valence-electron chi connectivity index (χ0n) is 11.1. The fraction of sp³-hybridized carbons (Fsp3) is 0.750. The molecule has 7 heteroatoms. The Hall–Kier alpha value is -0.920. The second-order valence-electron chi connectivity index (χ2n) is 4.98. The van der Waals surface area contributed by atoms with E-state index in [0.717, 1.165) is 19.3 Å². The van der Waals surface area contributed by atoms with Crippen molar-refractivity contribution in [2.24, 2.45) is 0 Å². The highest BCUT2D eigenvalue weighted by Crippen LogP contribution is 2.22. The van der Waals surface area contributed by atoms with Gasteiger partial charge < -0.3 is 9.63 Å². The fourth-order valence-electron chi connectivity index (χ4n) is 2.46. The molecule has 1 aromatic rings. The summed E-state index contributed by atoms with van der Waals surface area (Å²) in [6.45, 7) is 2.08. The van der Waals surface area contributed by atoms with Gasteiger partial charge in [-0.3, -0.25) is 0 Å².